The van der Waals surface area contributed by atoms with E-state index in [9.17, 15) is 13.2 Å². The fourth-order valence-corrected chi connectivity index (χ4v) is 3.62. The molecule has 152 valence electrons. The normalized spacial score (nSPS) is 11.5. The van der Waals surface area contributed by atoms with Gasteiger partial charge in [0, 0.05) is 17.1 Å². The minimum absolute atomic E-state index is 0.0612. The van der Waals surface area contributed by atoms with Crippen LogP contribution in [0.25, 0.3) is 0 Å². The van der Waals surface area contributed by atoms with E-state index in [1.54, 1.807) is 24.3 Å². The number of hydrogen-bond acceptors (Lipinski definition) is 4. The van der Waals surface area contributed by atoms with Gasteiger partial charge in [0.1, 0.15) is 5.75 Å². The quantitative estimate of drug-likeness (QED) is 0.628. The molecule has 0 aliphatic heterocycles. The summed E-state index contributed by atoms with van der Waals surface area (Å²) in [6.45, 7) is 6.58. The highest BCUT2D eigenvalue weighted by Gasteiger charge is 2.18. The van der Waals surface area contributed by atoms with Gasteiger partial charge < -0.3 is 10.1 Å². The molecule has 0 heterocycles. The third-order valence-electron chi connectivity index (χ3n) is 3.93. The molecule has 0 aliphatic carbocycles. The van der Waals surface area contributed by atoms with Crippen molar-refractivity contribution < 1.29 is 17.9 Å². The van der Waals surface area contributed by atoms with E-state index in [4.69, 9.17) is 16.3 Å². The third kappa shape index (κ3) is 6.22. The van der Waals surface area contributed by atoms with Crippen molar-refractivity contribution in [2.24, 2.45) is 5.92 Å². The molecular weight excluding hydrogens is 400 g/mol. The Bertz CT molecular complexity index is 912. The number of sulfonamides is 1. The summed E-state index contributed by atoms with van der Waals surface area (Å²) in [4.78, 5) is 12.6. The number of benzene rings is 2. The average Bonchev–Trinajstić information content (AvgIpc) is 2.63. The maximum absolute atomic E-state index is 12.5. The van der Waals surface area contributed by atoms with Crippen LogP contribution >= 0.6 is 11.6 Å². The molecule has 28 heavy (non-hydrogen) atoms. The van der Waals surface area contributed by atoms with Gasteiger partial charge in [0.05, 0.1) is 17.2 Å². The van der Waals surface area contributed by atoms with Crippen molar-refractivity contribution in [3.05, 3.63) is 53.1 Å². The molecule has 0 saturated heterocycles. The first-order valence-electron chi connectivity index (χ1n) is 9.06. The molecule has 2 N–H and O–H groups in total. The Hall–Kier alpha value is -2.09. The highest BCUT2D eigenvalue weighted by Crippen LogP contribution is 2.28. The first-order chi connectivity index (χ1) is 13.2. The van der Waals surface area contributed by atoms with Gasteiger partial charge in [-0.1, -0.05) is 25.4 Å². The van der Waals surface area contributed by atoms with Crippen molar-refractivity contribution in [2.45, 2.75) is 32.1 Å². The SMILES string of the molecule is CCOc1ccc(S(=O)(=O)NCCC(C)C)cc1NC(=O)c1ccc(Cl)cc1. The van der Waals surface area contributed by atoms with Gasteiger partial charge in [-0.3, -0.25) is 4.79 Å². The van der Waals surface area contributed by atoms with Crippen LogP contribution in [-0.2, 0) is 10.0 Å². The first-order valence-corrected chi connectivity index (χ1v) is 10.9. The molecule has 0 aromatic heterocycles. The van der Waals surface area contributed by atoms with Crippen LogP contribution in [0.15, 0.2) is 47.4 Å². The molecule has 0 atom stereocenters. The number of amides is 1. The summed E-state index contributed by atoms with van der Waals surface area (Å²) < 4.78 is 33.2. The number of rotatable bonds is 9. The van der Waals surface area contributed by atoms with E-state index in [0.717, 1.165) is 6.42 Å². The summed E-state index contributed by atoms with van der Waals surface area (Å²) in [6.07, 6.45) is 0.733. The summed E-state index contributed by atoms with van der Waals surface area (Å²) >= 11 is 5.85. The predicted octanol–water partition coefficient (Wildman–Crippen LogP) is 4.32. The molecular formula is C20H25ClN2O4S. The maximum Gasteiger partial charge on any atom is 0.255 e. The number of nitrogens with one attached hydrogen (secondary N) is 2. The minimum Gasteiger partial charge on any atom is -0.492 e. The molecule has 2 aromatic carbocycles. The molecule has 1 amide bonds. The molecule has 0 bridgehead atoms. The lowest BCUT2D eigenvalue weighted by molar-refractivity contribution is 0.102. The Morgan fingerprint density at radius 2 is 1.82 bits per heavy atom. The average molecular weight is 425 g/mol. The van der Waals surface area contributed by atoms with E-state index in [0.29, 0.717) is 35.4 Å². The van der Waals surface area contributed by atoms with Crippen molar-refractivity contribution in [1.29, 1.82) is 0 Å². The minimum atomic E-state index is -3.69. The fourth-order valence-electron chi connectivity index (χ4n) is 2.42. The predicted molar refractivity (Wildman–Crippen MR) is 112 cm³/mol. The molecule has 2 rings (SSSR count). The van der Waals surface area contributed by atoms with Gasteiger partial charge in [0.2, 0.25) is 10.0 Å². The van der Waals surface area contributed by atoms with Crippen molar-refractivity contribution in [1.82, 2.24) is 4.72 Å². The summed E-state index contributed by atoms with van der Waals surface area (Å²) in [5.74, 6) is 0.392. The van der Waals surface area contributed by atoms with Gasteiger partial charge >= 0.3 is 0 Å². The Morgan fingerprint density at radius 3 is 2.43 bits per heavy atom. The van der Waals surface area contributed by atoms with Crippen LogP contribution in [0.3, 0.4) is 0 Å². The van der Waals surface area contributed by atoms with Crippen molar-refractivity contribution >= 4 is 33.2 Å². The largest absolute Gasteiger partial charge is 0.492 e. The van der Waals surface area contributed by atoms with Gasteiger partial charge in [-0.15, -0.1) is 0 Å². The number of halogens is 1. The lowest BCUT2D eigenvalue weighted by atomic mass is 10.1. The Morgan fingerprint density at radius 1 is 1.14 bits per heavy atom. The van der Waals surface area contributed by atoms with Gasteiger partial charge in [-0.25, -0.2) is 13.1 Å². The van der Waals surface area contributed by atoms with E-state index in [1.807, 2.05) is 20.8 Å². The molecule has 0 fully saturated rings. The number of hydrogen-bond donors (Lipinski definition) is 2. The zero-order valence-corrected chi connectivity index (χ0v) is 17.7. The lowest BCUT2D eigenvalue weighted by Gasteiger charge is -2.14. The van der Waals surface area contributed by atoms with Gasteiger partial charge in [-0.05, 0) is 61.7 Å². The van der Waals surface area contributed by atoms with Crippen LogP contribution in [0.2, 0.25) is 5.02 Å². The Balaban J connectivity index is 2.27. The molecule has 0 aliphatic rings. The van der Waals surface area contributed by atoms with Crippen LogP contribution in [0.4, 0.5) is 5.69 Å². The summed E-state index contributed by atoms with van der Waals surface area (Å²) in [6, 6.07) is 10.8. The molecule has 2 aromatic rings. The van der Waals surface area contributed by atoms with Crippen LogP contribution < -0.4 is 14.8 Å². The van der Waals surface area contributed by atoms with Crippen molar-refractivity contribution in [3.8, 4) is 5.75 Å². The standard InChI is InChI=1S/C20H25ClN2O4S/c1-4-27-19-10-9-17(28(25,26)22-12-11-14(2)3)13-18(19)23-20(24)15-5-7-16(21)8-6-15/h5-10,13-14,22H,4,11-12H2,1-3H3,(H,23,24). The van der Waals surface area contributed by atoms with Crippen LogP contribution in [-0.4, -0.2) is 27.5 Å². The second kappa shape index (κ2) is 9.91. The van der Waals surface area contributed by atoms with Crippen LogP contribution in [0, 0.1) is 5.92 Å². The van der Waals surface area contributed by atoms with E-state index < -0.39 is 10.0 Å². The van der Waals surface area contributed by atoms with Crippen LogP contribution in [0.1, 0.15) is 37.6 Å². The highest BCUT2D eigenvalue weighted by molar-refractivity contribution is 7.89. The molecule has 6 nitrogen and oxygen atoms in total. The van der Waals surface area contributed by atoms with Gasteiger partial charge in [-0.2, -0.15) is 0 Å². The van der Waals surface area contributed by atoms with Crippen molar-refractivity contribution in [3.63, 3.8) is 0 Å². The summed E-state index contributed by atoms with van der Waals surface area (Å²) in [7, 11) is -3.69. The number of carbonyl (C=O) groups excluding carboxylic acids is 1. The molecule has 0 saturated carbocycles. The topological polar surface area (TPSA) is 84.5 Å². The Kier molecular flexibility index (Phi) is 7.86. The second-order valence-corrected chi connectivity index (χ2v) is 8.84. The number of anilines is 1. The fraction of sp³-hybridized carbons (Fsp3) is 0.350. The smallest absolute Gasteiger partial charge is 0.255 e. The van der Waals surface area contributed by atoms with E-state index in [2.05, 4.69) is 10.0 Å². The van der Waals surface area contributed by atoms with Crippen molar-refractivity contribution in [2.75, 3.05) is 18.5 Å². The van der Waals surface area contributed by atoms with E-state index in [1.165, 1.54) is 18.2 Å². The summed E-state index contributed by atoms with van der Waals surface area (Å²) in [5.41, 5.74) is 0.684. The van der Waals surface area contributed by atoms with Gasteiger partial charge in [0.25, 0.3) is 5.91 Å². The Labute approximate surface area is 171 Å². The van der Waals surface area contributed by atoms with Crippen LogP contribution in [0.5, 0.6) is 5.75 Å². The van der Waals surface area contributed by atoms with E-state index in [-0.39, 0.29) is 16.5 Å². The third-order valence-corrected chi connectivity index (χ3v) is 5.64. The van der Waals surface area contributed by atoms with Gasteiger partial charge in [0.15, 0.2) is 0 Å². The summed E-state index contributed by atoms with van der Waals surface area (Å²) in [5, 5.41) is 3.24. The lowest BCUT2D eigenvalue weighted by Crippen LogP contribution is -2.26. The molecule has 0 spiro atoms. The first kappa shape index (κ1) is 22.2. The monoisotopic (exact) mass is 424 g/mol. The number of ether oxygens (including phenoxy) is 1. The molecule has 8 heteroatoms. The zero-order valence-electron chi connectivity index (χ0n) is 16.2. The maximum atomic E-state index is 12.5. The second-order valence-electron chi connectivity index (χ2n) is 6.63. The molecule has 0 radical (unpaired) electrons. The zero-order chi connectivity index (χ0) is 20.7. The molecule has 0 unspecified atom stereocenters. The highest BCUT2D eigenvalue weighted by atomic mass is 35.5. The van der Waals surface area contributed by atoms with E-state index >= 15 is 0 Å². The number of carbonyl (C=O) groups is 1.